The molecule has 0 radical (unpaired) electrons. The van der Waals surface area contributed by atoms with Crippen molar-refractivity contribution in [3.05, 3.63) is 28.5 Å². The molecule has 2 nitrogen and oxygen atoms in total. The molecule has 1 aromatic rings. The second-order valence-electron chi connectivity index (χ2n) is 2.11. The highest BCUT2D eigenvalue weighted by atomic mass is 79.9. The molecule has 0 aliphatic carbocycles. The fourth-order valence-corrected chi connectivity index (χ4v) is 0.876. The third-order valence-corrected chi connectivity index (χ3v) is 1.73. The van der Waals surface area contributed by atoms with Crippen LogP contribution in [0.1, 0.15) is 5.56 Å². The van der Waals surface area contributed by atoms with E-state index in [1.54, 1.807) is 0 Å². The maximum atomic E-state index is 12.6. The molecule has 0 spiro atoms. The monoisotopic (exact) mass is 235 g/mol. The molecule has 0 amide bonds. The van der Waals surface area contributed by atoms with E-state index in [0.29, 0.717) is 4.60 Å². The van der Waals surface area contributed by atoms with Crippen LogP contribution in [0.3, 0.4) is 0 Å². The first kappa shape index (κ1) is 9.25. The van der Waals surface area contributed by atoms with Gasteiger partial charge in [0.1, 0.15) is 4.60 Å². The lowest BCUT2D eigenvalue weighted by atomic mass is 10.2. The van der Waals surface area contributed by atoms with E-state index in [4.69, 9.17) is 0 Å². The molecule has 0 atom stereocenters. The fourth-order valence-electron chi connectivity index (χ4n) is 0.641. The summed E-state index contributed by atoms with van der Waals surface area (Å²) in [6, 6.07) is 2.50. The summed E-state index contributed by atoms with van der Waals surface area (Å²) in [5.74, 6) is -3.44. The van der Waals surface area contributed by atoms with E-state index in [1.165, 1.54) is 6.07 Å². The predicted molar refractivity (Wildman–Crippen MR) is 41.9 cm³/mol. The number of hydrogen-bond acceptors (Lipinski definition) is 2. The highest BCUT2D eigenvalue weighted by Gasteiger charge is 2.30. The van der Waals surface area contributed by atoms with Gasteiger partial charge in [-0.15, -0.1) is 0 Å². The van der Waals surface area contributed by atoms with Crippen LogP contribution in [0, 0.1) is 0 Å². The Balaban J connectivity index is 3.04. The normalized spacial score (nSPS) is 11.2. The van der Waals surface area contributed by atoms with Gasteiger partial charge in [-0.1, -0.05) is 0 Å². The van der Waals surface area contributed by atoms with Crippen LogP contribution in [0.15, 0.2) is 22.9 Å². The molecule has 0 saturated heterocycles. The Morgan fingerprint density at radius 2 is 2.17 bits per heavy atom. The van der Waals surface area contributed by atoms with E-state index in [9.17, 15) is 13.6 Å². The number of hydrogen-bond donors (Lipinski definition) is 0. The molecule has 0 saturated carbocycles. The lowest BCUT2D eigenvalue weighted by molar-refractivity contribution is -0.130. The lowest BCUT2D eigenvalue weighted by Gasteiger charge is -2.07. The second kappa shape index (κ2) is 3.26. The quantitative estimate of drug-likeness (QED) is 0.581. The van der Waals surface area contributed by atoms with Crippen molar-refractivity contribution in [3.8, 4) is 0 Å². The second-order valence-corrected chi connectivity index (χ2v) is 2.92. The Morgan fingerprint density at radius 3 is 2.58 bits per heavy atom. The molecule has 5 heteroatoms. The van der Waals surface area contributed by atoms with Gasteiger partial charge in [0, 0.05) is 11.8 Å². The summed E-state index contributed by atoms with van der Waals surface area (Å²) in [5, 5.41) is 0. The van der Waals surface area contributed by atoms with Gasteiger partial charge in [0.25, 0.3) is 0 Å². The smallest absolute Gasteiger partial charge is 0.296 e. The van der Waals surface area contributed by atoms with Gasteiger partial charge in [-0.25, -0.2) is 4.98 Å². The Hall–Kier alpha value is -0.840. The summed E-state index contributed by atoms with van der Waals surface area (Å²) in [7, 11) is 0. The molecular formula is C7H4BrF2NO. The minimum atomic E-state index is -3.44. The number of nitrogens with zero attached hydrogens (tertiary/aromatic N) is 1. The van der Waals surface area contributed by atoms with Gasteiger partial charge in [-0.2, -0.15) is 8.78 Å². The molecule has 0 unspecified atom stereocenters. The number of carbonyl (C=O) groups is 1. The molecule has 12 heavy (non-hydrogen) atoms. The molecule has 0 bridgehead atoms. The molecule has 0 aliphatic heterocycles. The Labute approximate surface area is 75.7 Å². The summed E-state index contributed by atoms with van der Waals surface area (Å²) in [6.07, 6.45) is 0.552. The van der Waals surface area contributed by atoms with E-state index < -0.39 is 17.8 Å². The lowest BCUT2D eigenvalue weighted by Crippen LogP contribution is -2.14. The van der Waals surface area contributed by atoms with E-state index in [1.807, 2.05) is 0 Å². The van der Waals surface area contributed by atoms with Crippen molar-refractivity contribution < 1.29 is 13.6 Å². The Morgan fingerprint density at radius 1 is 1.50 bits per heavy atom. The molecule has 0 fully saturated rings. The highest BCUT2D eigenvalue weighted by Crippen LogP contribution is 2.24. The zero-order valence-corrected chi connectivity index (χ0v) is 7.38. The predicted octanol–water partition coefficient (Wildman–Crippen LogP) is 2.13. The number of alkyl halides is 2. The highest BCUT2D eigenvalue weighted by molar-refractivity contribution is 9.10. The first-order valence-corrected chi connectivity index (χ1v) is 3.82. The zero-order valence-electron chi connectivity index (χ0n) is 5.80. The van der Waals surface area contributed by atoms with Gasteiger partial charge in [0.15, 0.2) is 6.29 Å². The molecule has 1 heterocycles. The van der Waals surface area contributed by atoms with E-state index in [-0.39, 0.29) is 0 Å². The van der Waals surface area contributed by atoms with Crippen molar-refractivity contribution in [2.75, 3.05) is 0 Å². The Bertz CT molecular complexity index is 286. The summed E-state index contributed by atoms with van der Waals surface area (Å²) in [4.78, 5) is 13.5. The fraction of sp³-hybridized carbons (Fsp3) is 0.143. The SMILES string of the molecule is O=CC(F)(F)c1ccc(Br)nc1. The van der Waals surface area contributed by atoms with Gasteiger partial charge in [-0.05, 0) is 28.1 Å². The summed E-state index contributed by atoms with van der Waals surface area (Å²) >= 11 is 2.99. The van der Waals surface area contributed by atoms with E-state index in [0.717, 1.165) is 12.3 Å². The van der Waals surface area contributed by atoms with Gasteiger partial charge < -0.3 is 0 Å². The van der Waals surface area contributed by atoms with Crippen LogP contribution in [0.4, 0.5) is 8.78 Å². The van der Waals surface area contributed by atoms with Crippen LogP contribution in [-0.2, 0) is 10.7 Å². The van der Waals surface area contributed by atoms with Crippen LogP contribution in [0.25, 0.3) is 0 Å². The average molecular weight is 236 g/mol. The minimum absolute atomic E-state index is 0.402. The maximum absolute atomic E-state index is 12.6. The van der Waals surface area contributed by atoms with Crippen LogP contribution in [-0.4, -0.2) is 11.3 Å². The minimum Gasteiger partial charge on any atom is -0.296 e. The van der Waals surface area contributed by atoms with Crippen LogP contribution >= 0.6 is 15.9 Å². The van der Waals surface area contributed by atoms with Gasteiger partial charge in [0.05, 0.1) is 0 Å². The third-order valence-electron chi connectivity index (χ3n) is 1.26. The number of rotatable bonds is 2. The van der Waals surface area contributed by atoms with Crippen LogP contribution < -0.4 is 0 Å². The van der Waals surface area contributed by atoms with Crippen molar-refractivity contribution in [3.63, 3.8) is 0 Å². The van der Waals surface area contributed by atoms with Crippen molar-refractivity contribution in [1.29, 1.82) is 0 Å². The number of aromatic nitrogens is 1. The third kappa shape index (κ3) is 1.85. The Kier molecular flexibility index (Phi) is 2.52. The number of pyridine rings is 1. The van der Waals surface area contributed by atoms with Crippen molar-refractivity contribution in [1.82, 2.24) is 4.98 Å². The molecule has 0 aliphatic rings. The summed E-state index contributed by atoms with van der Waals surface area (Å²) < 4.78 is 25.6. The van der Waals surface area contributed by atoms with Gasteiger partial charge >= 0.3 is 5.92 Å². The molecule has 1 rings (SSSR count). The van der Waals surface area contributed by atoms with Crippen LogP contribution in [0.2, 0.25) is 0 Å². The molecule has 0 N–H and O–H groups in total. The molecular weight excluding hydrogens is 232 g/mol. The van der Waals surface area contributed by atoms with Gasteiger partial charge in [0.2, 0.25) is 0 Å². The molecule has 1 aromatic heterocycles. The van der Waals surface area contributed by atoms with Crippen molar-refractivity contribution in [2.24, 2.45) is 0 Å². The number of halogens is 3. The number of aldehydes is 1. The topological polar surface area (TPSA) is 30.0 Å². The average Bonchev–Trinajstić information content (AvgIpc) is 2.05. The van der Waals surface area contributed by atoms with Gasteiger partial charge in [-0.3, -0.25) is 4.79 Å². The van der Waals surface area contributed by atoms with Crippen LogP contribution in [0.5, 0.6) is 0 Å². The maximum Gasteiger partial charge on any atom is 0.329 e. The first-order chi connectivity index (χ1) is 5.56. The number of carbonyl (C=O) groups excluding carboxylic acids is 1. The van der Waals surface area contributed by atoms with E-state index >= 15 is 0 Å². The molecule has 0 aromatic carbocycles. The largest absolute Gasteiger partial charge is 0.329 e. The van der Waals surface area contributed by atoms with Crippen molar-refractivity contribution >= 4 is 22.2 Å². The van der Waals surface area contributed by atoms with Crippen molar-refractivity contribution in [2.45, 2.75) is 5.92 Å². The zero-order chi connectivity index (χ0) is 9.19. The molecule has 64 valence electrons. The first-order valence-electron chi connectivity index (χ1n) is 3.02. The summed E-state index contributed by atoms with van der Waals surface area (Å²) in [6.45, 7) is 0. The summed E-state index contributed by atoms with van der Waals surface area (Å²) in [5.41, 5.74) is -0.402. The van der Waals surface area contributed by atoms with E-state index in [2.05, 4.69) is 20.9 Å². The standard InChI is InChI=1S/C7H4BrF2NO/c8-6-2-1-5(3-11-6)7(9,10)4-12/h1-4H.